The Morgan fingerprint density at radius 2 is 2.12 bits per heavy atom. The van der Waals surface area contributed by atoms with E-state index in [1.54, 1.807) is 12.1 Å². The maximum absolute atomic E-state index is 12.4. The van der Waals surface area contributed by atoms with Crippen LogP contribution in [0.5, 0.6) is 11.5 Å². The molecule has 1 aromatic rings. The van der Waals surface area contributed by atoms with Crippen molar-refractivity contribution in [3.63, 3.8) is 0 Å². The molecule has 0 aromatic heterocycles. The summed E-state index contributed by atoms with van der Waals surface area (Å²) < 4.78 is 46.7. The Bertz CT molecular complexity index is 608. The lowest BCUT2D eigenvalue weighted by Crippen LogP contribution is -2.47. The molecule has 1 saturated heterocycles. The SMILES string of the molecule is CNC1CCCN(C(=O)CCc2ccc(OCC(F)(F)F)c(OC)c2)C1. The summed E-state index contributed by atoms with van der Waals surface area (Å²) in [5.74, 6) is 0.349. The van der Waals surface area contributed by atoms with Gasteiger partial charge in [0, 0.05) is 25.6 Å². The van der Waals surface area contributed by atoms with Crippen molar-refractivity contribution in [2.45, 2.75) is 37.9 Å². The van der Waals surface area contributed by atoms with E-state index in [1.165, 1.54) is 13.2 Å². The van der Waals surface area contributed by atoms with Gasteiger partial charge in [-0.15, -0.1) is 0 Å². The number of likely N-dealkylation sites (N-methyl/N-ethyl adjacent to an activating group) is 1. The molecule has 0 radical (unpaired) electrons. The maximum Gasteiger partial charge on any atom is 0.422 e. The first-order valence-corrected chi connectivity index (χ1v) is 8.64. The third kappa shape index (κ3) is 6.09. The topological polar surface area (TPSA) is 50.8 Å². The average Bonchev–Trinajstić information content (AvgIpc) is 2.64. The summed E-state index contributed by atoms with van der Waals surface area (Å²) >= 11 is 0. The highest BCUT2D eigenvalue weighted by Gasteiger charge is 2.29. The number of hydrogen-bond donors (Lipinski definition) is 1. The highest BCUT2D eigenvalue weighted by atomic mass is 19.4. The molecule has 1 aliphatic rings. The summed E-state index contributed by atoms with van der Waals surface area (Å²) in [7, 11) is 3.27. The van der Waals surface area contributed by atoms with Crippen molar-refractivity contribution in [2.75, 3.05) is 33.9 Å². The van der Waals surface area contributed by atoms with Crippen LogP contribution in [0.1, 0.15) is 24.8 Å². The number of carbonyl (C=O) groups excluding carboxylic acids is 1. The van der Waals surface area contributed by atoms with Crippen molar-refractivity contribution in [3.8, 4) is 11.5 Å². The Kier molecular flexibility index (Phi) is 7.14. The molecule has 26 heavy (non-hydrogen) atoms. The Balaban J connectivity index is 1.92. The molecule has 1 amide bonds. The highest BCUT2D eigenvalue weighted by molar-refractivity contribution is 5.76. The maximum atomic E-state index is 12.4. The van der Waals surface area contributed by atoms with E-state index in [2.05, 4.69) is 5.32 Å². The second-order valence-corrected chi connectivity index (χ2v) is 6.36. The minimum absolute atomic E-state index is 0.0350. The number of hydrogen-bond acceptors (Lipinski definition) is 4. The van der Waals surface area contributed by atoms with Crippen LogP contribution in [0.4, 0.5) is 13.2 Å². The number of ether oxygens (including phenoxy) is 2. The van der Waals surface area contributed by atoms with Gasteiger partial charge in [0.05, 0.1) is 7.11 Å². The first-order chi connectivity index (χ1) is 12.3. The van der Waals surface area contributed by atoms with E-state index in [1.807, 2.05) is 11.9 Å². The van der Waals surface area contributed by atoms with Gasteiger partial charge < -0.3 is 19.7 Å². The largest absolute Gasteiger partial charge is 0.493 e. The molecule has 1 atom stereocenters. The van der Waals surface area contributed by atoms with Crippen LogP contribution >= 0.6 is 0 Å². The van der Waals surface area contributed by atoms with Crippen molar-refractivity contribution >= 4 is 5.91 Å². The summed E-state index contributed by atoms with van der Waals surface area (Å²) in [5.41, 5.74) is 0.816. The Labute approximate surface area is 151 Å². The summed E-state index contributed by atoms with van der Waals surface area (Å²) in [6, 6.07) is 5.06. The number of aryl methyl sites for hydroxylation is 1. The number of alkyl halides is 3. The molecule has 8 heteroatoms. The van der Waals surface area contributed by atoms with Crippen LogP contribution in [-0.2, 0) is 11.2 Å². The first-order valence-electron chi connectivity index (χ1n) is 8.64. The molecule has 0 aliphatic carbocycles. The number of rotatable bonds is 7. The van der Waals surface area contributed by atoms with Gasteiger partial charge in [0.15, 0.2) is 18.1 Å². The lowest BCUT2D eigenvalue weighted by molar-refractivity contribution is -0.153. The number of amides is 1. The summed E-state index contributed by atoms with van der Waals surface area (Å²) in [5, 5.41) is 3.20. The van der Waals surface area contributed by atoms with Gasteiger partial charge >= 0.3 is 6.18 Å². The van der Waals surface area contributed by atoms with E-state index >= 15 is 0 Å². The van der Waals surface area contributed by atoms with Crippen LogP contribution in [0.3, 0.4) is 0 Å². The predicted molar refractivity (Wildman–Crippen MR) is 91.5 cm³/mol. The van der Waals surface area contributed by atoms with E-state index < -0.39 is 12.8 Å². The lowest BCUT2D eigenvalue weighted by Gasteiger charge is -2.32. The third-order valence-corrected chi connectivity index (χ3v) is 4.43. The number of piperidine rings is 1. The number of nitrogens with one attached hydrogen (secondary N) is 1. The van der Waals surface area contributed by atoms with Gasteiger partial charge in [0.1, 0.15) is 0 Å². The quantitative estimate of drug-likeness (QED) is 0.797. The number of halogens is 3. The normalized spacial score (nSPS) is 17.9. The number of carbonyl (C=O) groups is 1. The van der Waals surface area contributed by atoms with Gasteiger partial charge in [-0.25, -0.2) is 0 Å². The second kappa shape index (κ2) is 9.12. The fourth-order valence-corrected chi connectivity index (χ4v) is 3.00. The molecule has 1 aromatic carbocycles. The lowest BCUT2D eigenvalue weighted by atomic mass is 10.0. The molecule has 1 unspecified atom stereocenters. The smallest absolute Gasteiger partial charge is 0.422 e. The summed E-state index contributed by atoms with van der Waals surface area (Å²) in [6.07, 6.45) is -1.51. The van der Waals surface area contributed by atoms with Crippen molar-refractivity contribution in [1.82, 2.24) is 10.2 Å². The Morgan fingerprint density at radius 1 is 1.35 bits per heavy atom. The monoisotopic (exact) mass is 374 g/mol. The van der Waals surface area contributed by atoms with Crippen LogP contribution in [-0.4, -0.2) is 56.9 Å². The number of methoxy groups -OCH3 is 1. The van der Waals surface area contributed by atoms with E-state index in [0.29, 0.717) is 25.4 Å². The molecule has 5 nitrogen and oxygen atoms in total. The molecular weight excluding hydrogens is 349 g/mol. The van der Waals surface area contributed by atoms with Gasteiger partial charge in [0.25, 0.3) is 0 Å². The van der Waals surface area contributed by atoms with Gasteiger partial charge in [0.2, 0.25) is 5.91 Å². The molecule has 1 N–H and O–H groups in total. The van der Waals surface area contributed by atoms with Crippen LogP contribution in [0.25, 0.3) is 0 Å². The standard InChI is InChI=1S/C18H25F3N2O3/c1-22-14-4-3-9-23(11-14)17(24)8-6-13-5-7-15(16(10-13)25-2)26-12-18(19,20)21/h5,7,10,14,22H,3-4,6,8-9,11-12H2,1-2H3. The number of nitrogens with zero attached hydrogens (tertiary/aromatic N) is 1. The molecular formula is C18H25F3N2O3. The van der Waals surface area contributed by atoms with Crippen LogP contribution < -0.4 is 14.8 Å². The Hall–Kier alpha value is -1.96. The minimum Gasteiger partial charge on any atom is -0.493 e. The van der Waals surface area contributed by atoms with Gasteiger partial charge in [-0.2, -0.15) is 13.2 Å². The average molecular weight is 374 g/mol. The minimum atomic E-state index is -4.41. The van der Waals surface area contributed by atoms with Crippen molar-refractivity contribution in [1.29, 1.82) is 0 Å². The second-order valence-electron chi connectivity index (χ2n) is 6.36. The van der Waals surface area contributed by atoms with Crippen LogP contribution in [0.15, 0.2) is 18.2 Å². The predicted octanol–water partition coefficient (Wildman–Crippen LogP) is 2.78. The van der Waals surface area contributed by atoms with Crippen molar-refractivity contribution in [2.24, 2.45) is 0 Å². The van der Waals surface area contributed by atoms with E-state index in [9.17, 15) is 18.0 Å². The molecule has 0 spiro atoms. The Morgan fingerprint density at radius 3 is 2.77 bits per heavy atom. The zero-order chi connectivity index (χ0) is 19.2. The first kappa shape index (κ1) is 20.4. The fraction of sp³-hybridized carbons (Fsp3) is 0.611. The number of benzene rings is 1. The fourth-order valence-electron chi connectivity index (χ4n) is 3.00. The van der Waals surface area contributed by atoms with Crippen LogP contribution in [0.2, 0.25) is 0 Å². The van der Waals surface area contributed by atoms with E-state index in [4.69, 9.17) is 9.47 Å². The van der Waals surface area contributed by atoms with Gasteiger partial charge in [-0.1, -0.05) is 6.07 Å². The highest BCUT2D eigenvalue weighted by Crippen LogP contribution is 2.30. The van der Waals surface area contributed by atoms with E-state index in [0.717, 1.165) is 24.9 Å². The van der Waals surface area contributed by atoms with Gasteiger partial charge in [-0.3, -0.25) is 4.79 Å². The van der Waals surface area contributed by atoms with Crippen LogP contribution in [0, 0.1) is 0 Å². The summed E-state index contributed by atoms with van der Waals surface area (Å²) in [4.78, 5) is 14.2. The molecule has 1 aliphatic heterocycles. The summed E-state index contributed by atoms with van der Waals surface area (Å²) in [6.45, 7) is 0.107. The molecule has 0 bridgehead atoms. The third-order valence-electron chi connectivity index (χ3n) is 4.43. The van der Waals surface area contributed by atoms with Crippen molar-refractivity contribution < 1.29 is 27.4 Å². The number of likely N-dealkylation sites (tertiary alicyclic amines) is 1. The van der Waals surface area contributed by atoms with Crippen molar-refractivity contribution in [3.05, 3.63) is 23.8 Å². The molecule has 146 valence electrons. The zero-order valence-corrected chi connectivity index (χ0v) is 15.1. The molecule has 0 saturated carbocycles. The molecule has 1 fully saturated rings. The zero-order valence-electron chi connectivity index (χ0n) is 15.1. The van der Waals surface area contributed by atoms with Gasteiger partial charge in [-0.05, 0) is 44.0 Å². The molecule has 1 heterocycles. The van der Waals surface area contributed by atoms with E-state index in [-0.39, 0.29) is 17.4 Å². The molecule has 2 rings (SSSR count).